The van der Waals surface area contributed by atoms with E-state index in [9.17, 15) is 13.6 Å². The molecule has 82 valence electrons. The van der Waals surface area contributed by atoms with Gasteiger partial charge in [0.05, 0.1) is 0 Å². The molecule has 0 saturated heterocycles. The van der Waals surface area contributed by atoms with E-state index >= 15 is 0 Å². The molecule has 0 aliphatic heterocycles. The van der Waals surface area contributed by atoms with Gasteiger partial charge in [0.2, 0.25) is 0 Å². The molecule has 1 fully saturated rings. The van der Waals surface area contributed by atoms with E-state index in [1.807, 2.05) is 0 Å². The molecule has 15 heavy (non-hydrogen) atoms. The first kappa shape index (κ1) is 10.1. The van der Waals surface area contributed by atoms with Gasteiger partial charge in [-0.1, -0.05) is 0 Å². The monoisotopic (exact) mass is 215 g/mol. The van der Waals surface area contributed by atoms with Crippen LogP contribution in [-0.4, -0.2) is 22.0 Å². The zero-order chi connectivity index (χ0) is 11.4. The van der Waals surface area contributed by atoms with Crippen LogP contribution in [0, 0.1) is 13.8 Å². The van der Waals surface area contributed by atoms with Gasteiger partial charge in [0.15, 0.2) is 5.41 Å². The average Bonchev–Trinajstić information content (AvgIpc) is 2.51. The number of rotatable bonds is 2. The Morgan fingerprint density at radius 3 is 2.33 bits per heavy atom. The lowest BCUT2D eigenvalue weighted by Crippen LogP contribution is -2.28. The Labute approximate surface area is 85.1 Å². The molecule has 1 saturated carbocycles. The van der Waals surface area contributed by atoms with Crippen LogP contribution in [0.2, 0.25) is 0 Å². The fourth-order valence-corrected chi connectivity index (χ4v) is 2.21. The van der Waals surface area contributed by atoms with Gasteiger partial charge < -0.3 is 10.1 Å². The molecule has 0 bridgehead atoms. The molecule has 1 atom stereocenters. The van der Waals surface area contributed by atoms with Crippen LogP contribution in [0.5, 0.6) is 0 Å². The van der Waals surface area contributed by atoms with Crippen molar-refractivity contribution in [2.24, 2.45) is 0 Å². The molecule has 1 aromatic rings. The number of nitrogens with one attached hydrogen (secondary N) is 1. The Morgan fingerprint density at radius 2 is 2.07 bits per heavy atom. The van der Waals surface area contributed by atoms with Crippen LogP contribution in [0.25, 0.3) is 0 Å². The van der Waals surface area contributed by atoms with E-state index in [0.717, 1.165) is 0 Å². The second-order valence-corrected chi connectivity index (χ2v) is 4.06. The molecule has 1 heterocycles. The third-order valence-corrected chi connectivity index (χ3v) is 3.05. The summed E-state index contributed by atoms with van der Waals surface area (Å²) in [6.07, 6.45) is 0.957. The van der Waals surface area contributed by atoms with Gasteiger partial charge in [-0.15, -0.1) is 0 Å². The third-order valence-electron chi connectivity index (χ3n) is 3.05. The van der Waals surface area contributed by atoms with Gasteiger partial charge in [-0.05, 0) is 25.0 Å². The molecule has 1 aliphatic carbocycles. The van der Waals surface area contributed by atoms with Crippen molar-refractivity contribution in [2.45, 2.75) is 31.6 Å². The summed E-state index contributed by atoms with van der Waals surface area (Å²) in [5.74, 6) is -4.57. The molecule has 2 rings (SSSR count). The molecule has 1 unspecified atom stereocenters. The van der Waals surface area contributed by atoms with Crippen molar-refractivity contribution >= 4 is 5.97 Å². The van der Waals surface area contributed by atoms with E-state index in [4.69, 9.17) is 5.11 Å². The van der Waals surface area contributed by atoms with Crippen molar-refractivity contribution in [2.75, 3.05) is 0 Å². The third kappa shape index (κ3) is 1.06. The number of aryl methyl sites for hydroxylation is 2. The van der Waals surface area contributed by atoms with E-state index < -0.39 is 23.7 Å². The Morgan fingerprint density at radius 1 is 1.53 bits per heavy atom. The number of halogens is 2. The maximum absolute atomic E-state index is 13.2. The zero-order valence-electron chi connectivity index (χ0n) is 8.40. The molecule has 2 N–H and O–H groups in total. The Kier molecular flexibility index (Phi) is 1.75. The lowest BCUT2D eigenvalue weighted by molar-refractivity contribution is -0.143. The minimum absolute atomic E-state index is 0.236. The maximum atomic E-state index is 13.2. The SMILES string of the molecule is Cc1c[nH]c(C)c1C1(C(=O)O)CC1(F)F. The van der Waals surface area contributed by atoms with Crippen LogP contribution in [0.4, 0.5) is 8.78 Å². The van der Waals surface area contributed by atoms with Crippen LogP contribution in [0.15, 0.2) is 6.20 Å². The topological polar surface area (TPSA) is 53.1 Å². The lowest BCUT2D eigenvalue weighted by atomic mass is 9.92. The van der Waals surface area contributed by atoms with Gasteiger partial charge in [0.1, 0.15) is 0 Å². The standard InChI is InChI=1S/C10H11F2NO2/c1-5-3-13-6(2)7(5)9(8(14)15)4-10(9,11)12/h3,13H,4H2,1-2H3,(H,14,15). The summed E-state index contributed by atoms with van der Waals surface area (Å²) >= 11 is 0. The molecule has 0 spiro atoms. The number of hydrogen-bond donors (Lipinski definition) is 2. The molecule has 3 nitrogen and oxygen atoms in total. The number of aromatic nitrogens is 1. The van der Waals surface area contributed by atoms with Gasteiger partial charge in [0, 0.05) is 18.3 Å². The molecular formula is C10H11F2NO2. The predicted octanol–water partition coefficient (Wildman–Crippen LogP) is 1.99. The highest BCUT2D eigenvalue weighted by atomic mass is 19.3. The van der Waals surface area contributed by atoms with E-state index in [1.54, 1.807) is 20.0 Å². The molecular weight excluding hydrogens is 204 g/mol. The first-order chi connectivity index (χ1) is 6.83. The molecule has 1 aliphatic rings. The van der Waals surface area contributed by atoms with Crippen molar-refractivity contribution in [1.29, 1.82) is 0 Å². The van der Waals surface area contributed by atoms with Gasteiger partial charge in [-0.3, -0.25) is 4.79 Å². The fraction of sp³-hybridized carbons (Fsp3) is 0.500. The van der Waals surface area contributed by atoms with E-state index in [0.29, 0.717) is 11.3 Å². The zero-order valence-corrected chi connectivity index (χ0v) is 8.40. The number of carboxylic acid groups (broad SMARTS) is 1. The smallest absolute Gasteiger partial charge is 0.320 e. The number of hydrogen-bond acceptors (Lipinski definition) is 1. The first-order valence-corrected chi connectivity index (χ1v) is 4.59. The summed E-state index contributed by atoms with van der Waals surface area (Å²) in [5.41, 5.74) is -0.680. The van der Waals surface area contributed by atoms with Crippen LogP contribution in [-0.2, 0) is 10.2 Å². The summed E-state index contributed by atoms with van der Waals surface area (Å²) in [7, 11) is 0. The summed E-state index contributed by atoms with van der Waals surface area (Å²) < 4.78 is 26.5. The number of aliphatic carboxylic acids is 1. The predicted molar refractivity (Wildman–Crippen MR) is 49.1 cm³/mol. The summed E-state index contributed by atoms with van der Waals surface area (Å²) in [4.78, 5) is 13.8. The highest BCUT2D eigenvalue weighted by molar-refractivity contribution is 5.88. The molecule has 0 radical (unpaired) electrons. The first-order valence-electron chi connectivity index (χ1n) is 4.59. The molecule has 0 amide bonds. The van der Waals surface area contributed by atoms with Crippen molar-refractivity contribution in [1.82, 2.24) is 4.98 Å². The Bertz CT molecular complexity index is 419. The van der Waals surface area contributed by atoms with Crippen LogP contribution >= 0.6 is 0 Å². The second kappa shape index (κ2) is 2.59. The number of H-pyrrole nitrogens is 1. The summed E-state index contributed by atoms with van der Waals surface area (Å²) in [6, 6.07) is 0. The van der Waals surface area contributed by atoms with E-state index in [2.05, 4.69) is 4.98 Å². The highest BCUT2D eigenvalue weighted by Crippen LogP contribution is 2.62. The number of aromatic amines is 1. The van der Waals surface area contributed by atoms with Crippen LogP contribution < -0.4 is 0 Å². The van der Waals surface area contributed by atoms with Gasteiger partial charge in [-0.2, -0.15) is 0 Å². The Hall–Kier alpha value is -1.39. The number of carboxylic acids is 1. The van der Waals surface area contributed by atoms with E-state index in [-0.39, 0.29) is 5.56 Å². The quantitative estimate of drug-likeness (QED) is 0.792. The maximum Gasteiger partial charge on any atom is 0.320 e. The lowest BCUT2D eigenvalue weighted by Gasteiger charge is -2.12. The molecule has 1 aromatic heterocycles. The minimum Gasteiger partial charge on any atom is -0.480 e. The van der Waals surface area contributed by atoms with Gasteiger partial charge in [-0.25, -0.2) is 8.78 Å². The van der Waals surface area contributed by atoms with Crippen LogP contribution in [0.1, 0.15) is 23.2 Å². The van der Waals surface area contributed by atoms with Crippen molar-refractivity contribution < 1.29 is 18.7 Å². The molecule has 5 heteroatoms. The highest BCUT2D eigenvalue weighted by Gasteiger charge is 2.78. The minimum atomic E-state index is -3.13. The summed E-state index contributed by atoms with van der Waals surface area (Å²) in [6.45, 7) is 3.25. The average molecular weight is 215 g/mol. The van der Waals surface area contributed by atoms with Gasteiger partial charge in [0.25, 0.3) is 5.92 Å². The summed E-state index contributed by atoms with van der Waals surface area (Å²) in [5, 5.41) is 8.97. The molecule has 0 aromatic carbocycles. The number of alkyl halides is 2. The largest absolute Gasteiger partial charge is 0.480 e. The van der Waals surface area contributed by atoms with Crippen molar-refractivity contribution in [3.05, 3.63) is 23.0 Å². The van der Waals surface area contributed by atoms with Crippen molar-refractivity contribution in [3.63, 3.8) is 0 Å². The normalized spacial score (nSPS) is 27.7. The fourth-order valence-electron chi connectivity index (χ4n) is 2.21. The van der Waals surface area contributed by atoms with Gasteiger partial charge >= 0.3 is 5.97 Å². The van der Waals surface area contributed by atoms with E-state index in [1.165, 1.54) is 0 Å². The van der Waals surface area contributed by atoms with Crippen LogP contribution in [0.3, 0.4) is 0 Å². The van der Waals surface area contributed by atoms with Crippen molar-refractivity contribution in [3.8, 4) is 0 Å². The number of carbonyl (C=O) groups is 1. The second-order valence-electron chi connectivity index (χ2n) is 4.06. The Balaban J connectivity index is 2.59.